The molecule has 31 heavy (non-hydrogen) atoms. The fourth-order valence-electron chi connectivity index (χ4n) is 3.54. The summed E-state index contributed by atoms with van der Waals surface area (Å²) in [6, 6.07) is 15.0. The number of halogens is 1. The maximum absolute atomic E-state index is 13.2. The summed E-state index contributed by atoms with van der Waals surface area (Å²) in [6.45, 7) is 0. The van der Waals surface area contributed by atoms with Crippen molar-refractivity contribution in [3.63, 3.8) is 0 Å². The normalized spacial score (nSPS) is 14.5. The lowest BCUT2D eigenvalue weighted by Gasteiger charge is -2.13. The number of carbonyl (C=O) groups excluding carboxylic acids is 1. The van der Waals surface area contributed by atoms with Gasteiger partial charge in [0.15, 0.2) is 5.82 Å². The average Bonchev–Trinajstić information content (AvgIpc) is 3.46. The summed E-state index contributed by atoms with van der Waals surface area (Å²) < 4.78 is 18.4. The van der Waals surface area contributed by atoms with Crippen LogP contribution in [-0.4, -0.2) is 35.2 Å². The van der Waals surface area contributed by atoms with E-state index in [-0.39, 0.29) is 17.8 Å². The smallest absolute Gasteiger partial charge is 0.258 e. The van der Waals surface area contributed by atoms with Crippen molar-refractivity contribution >= 4 is 17.7 Å². The number of aliphatic imine (C=N–C) groups is 1. The molecule has 1 heterocycles. The third-order valence-electron chi connectivity index (χ3n) is 5.18. The first kappa shape index (κ1) is 20.6. The Morgan fingerprint density at radius 3 is 2.68 bits per heavy atom. The molecule has 1 aliphatic carbocycles. The van der Waals surface area contributed by atoms with Crippen LogP contribution in [0.1, 0.15) is 36.0 Å². The highest BCUT2D eigenvalue weighted by Gasteiger charge is 2.18. The number of guanidine groups is 1. The molecule has 4 rings (SSSR count). The van der Waals surface area contributed by atoms with Crippen molar-refractivity contribution in [2.45, 2.75) is 31.7 Å². The highest BCUT2D eigenvalue weighted by Crippen LogP contribution is 2.22. The van der Waals surface area contributed by atoms with Crippen LogP contribution in [0.3, 0.4) is 0 Å². The minimum absolute atomic E-state index is 0.156. The number of rotatable bonds is 5. The van der Waals surface area contributed by atoms with Gasteiger partial charge in [-0.1, -0.05) is 18.9 Å². The average molecular weight is 421 g/mol. The zero-order chi connectivity index (χ0) is 21.6. The van der Waals surface area contributed by atoms with Crippen molar-refractivity contribution in [1.82, 2.24) is 15.5 Å². The largest absolute Gasteiger partial charge is 0.497 e. The van der Waals surface area contributed by atoms with Gasteiger partial charge in [-0.25, -0.2) is 9.38 Å². The van der Waals surface area contributed by atoms with E-state index in [9.17, 15) is 9.18 Å². The SMILES string of the molecule is COc1cccc(C(=O)NC(=NC2CCCC2)Nc2cc(-c3ccc(F)cc3)[nH]n2)c1. The molecule has 7 nitrogen and oxygen atoms in total. The van der Waals surface area contributed by atoms with Gasteiger partial charge in [-0.05, 0) is 60.9 Å². The minimum Gasteiger partial charge on any atom is -0.497 e. The number of benzene rings is 2. The van der Waals surface area contributed by atoms with E-state index in [0.717, 1.165) is 36.9 Å². The molecular formula is C23H24FN5O2. The third kappa shape index (κ3) is 5.28. The van der Waals surface area contributed by atoms with Crippen LogP contribution >= 0.6 is 0 Å². The van der Waals surface area contributed by atoms with Crippen molar-refractivity contribution in [2.24, 2.45) is 4.99 Å². The maximum atomic E-state index is 13.2. The fourth-order valence-corrected chi connectivity index (χ4v) is 3.54. The maximum Gasteiger partial charge on any atom is 0.258 e. The van der Waals surface area contributed by atoms with Gasteiger partial charge >= 0.3 is 0 Å². The van der Waals surface area contributed by atoms with Crippen molar-refractivity contribution < 1.29 is 13.9 Å². The Morgan fingerprint density at radius 1 is 1.16 bits per heavy atom. The standard InChI is InChI=1S/C23H24FN5O2/c1-31-19-8-4-5-16(13-19)22(30)27-23(25-18-6-2-3-7-18)26-21-14-20(28-29-21)15-9-11-17(24)12-10-15/h4-5,8-14,18H,2-3,6-7H2,1H3,(H3,25,26,27,28,29,30). The molecule has 0 radical (unpaired) electrons. The molecule has 1 aliphatic rings. The van der Waals surface area contributed by atoms with E-state index in [1.54, 1.807) is 49.6 Å². The van der Waals surface area contributed by atoms with E-state index in [1.165, 1.54) is 12.1 Å². The molecule has 1 fully saturated rings. The number of ether oxygens (including phenoxy) is 1. The van der Waals surface area contributed by atoms with E-state index in [0.29, 0.717) is 23.1 Å². The van der Waals surface area contributed by atoms with Gasteiger partial charge in [0.25, 0.3) is 5.91 Å². The molecule has 8 heteroatoms. The zero-order valence-electron chi connectivity index (χ0n) is 17.2. The lowest BCUT2D eigenvalue weighted by molar-refractivity contribution is 0.0976. The van der Waals surface area contributed by atoms with Gasteiger partial charge in [0.2, 0.25) is 5.96 Å². The molecule has 1 amide bonds. The summed E-state index contributed by atoms with van der Waals surface area (Å²) in [5, 5.41) is 13.1. The van der Waals surface area contributed by atoms with Gasteiger partial charge in [-0.15, -0.1) is 0 Å². The Hall–Kier alpha value is -3.68. The monoisotopic (exact) mass is 421 g/mol. The second-order valence-electron chi connectivity index (χ2n) is 7.40. The quantitative estimate of drug-likeness (QED) is 0.422. The van der Waals surface area contributed by atoms with E-state index >= 15 is 0 Å². The molecule has 0 unspecified atom stereocenters. The number of aromatic amines is 1. The van der Waals surface area contributed by atoms with Crippen LogP contribution in [0.4, 0.5) is 10.2 Å². The van der Waals surface area contributed by atoms with Crippen LogP contribution < -0.4 is 15.4 Å². The van der Waals surface area contributed by atoms with Crippen LogP contribution in [0, 0.1) is 5.82 Å². The lowest BCUT2D eigenvalue weighted by atomic mass is 10.1. The molecule has 0 bridgehead atoms. The number of nitrogens with zero attached hydrogens (tertiary/aromatic N) is 2. The van der Waals surface area contributed by atoms with E-state index in [2.05, 4.69) is 20.8 Å². The number of hydrogen-bond acceptors (Lipinski definition) is 4. The van der Waals surface area contributed by atoms with Crippen molar-refractivity contribution in [2.75, 3.05) is 12.4 Å². The first-order valence-corrected chi connectivity index (χ1v) is 10.2. The first-order chi connectivity index (χ1) is 15.1. The van der Waals surface area contributed by atoms with E-state index in [1.807, 2.05) is 0 Å². The summed E-state index contributed by atoms with van der Waals surface area (Å²) in [5.41, 5.74) is 1.99. The topological polar surface area (TPSA) is 91.4 Å². The number of amides is 1. The molecule has 3 aromatic rings. The number of methoxy groups -OCH3 is 1. The number of hydrogen-bond donors (Lipinski definition) is 3. The predicted molar refractivity (Wildman–Crippen MR) is 118 cm³/mol. The first-order valence-electron chi connectivity index (χ1n) is 10.2. The number of carbonyl (C=O) groups is 1. The van der Waals surface area contributed by atoms with Crippen LogP contribution in [0.2, 0.25) is 0 Å². The fraction of sp³-hybridized carbons (Fsp3) is 0.261. The molecule has 3 N–H and O–H groups in total. The highest BCUT2D eigenvalue weighted by atomic mass is 19.1. The zero-order valence-corrected chi connectivity index (χ0v) is 17.2. The molecule has 0 aliphatic heterocycles. The van der Waals surface area contributed by atoms with Crippen LogP contribution in [0.5, 0.6) is 5.75 Å². The molecule has 0 spiro atoms. The Morgan fingerprint density at radius 2 is 1.94 bits per heavy atom. The Labute approximate surface area is 179 Å². The van der Waals surface area contributed by atoms with Crippen LogP contribution in [-0.2, 0) is 0 Å². The molecule has 0 saturated heterocycles. The molecule has 0 atom stereocenters. The van der Waals surface area contributed by atoms with Gasteiger partial charge in [-0.2, -0.15) is 5.10 Å². The number of aromatic nitrogens is 2. The van der Waals surface area contributed by atoms with Crippen LogP contribution in [0.25, 0.3) is 11.3 Å². The molecule has 160 valence electrons. The van der Waals surface area contributed by atoms with E-state index < -0.39 is 0 Å². The van der Waals surface area contributed by atoms with Gasteiger partial charge in [0.05, 0.1) is 18.8 Å². The third-order valence-corrected chi connectivity index (χ3v) is 5.18. The Bertz CT molecular complexity index is 1070. The van der Waals surface area contributed by atoms with Crippen LogP contribution in [0.15, 0.2) is 59.6 Å². The summed E-state index contributed by atoms with van der Waals surface area (Å²) in [4.78, 5) is 17.5. The second kappa shape index (κ2) is 9.42. The molecular weight excluding hydrogens is 397 g/mol. The number of nitrogens with one attached hydrogen (secondary N) is 3. The minimum atomic E-state index is -0.298. The van der Waals surface area contributed by atoms with Gasteiger partial charge < -0.3 is 10.1 Å². The summed E-state index contributed by atoms with van der Waals surface area (Å²) in [7, 11) is 1.56. The Kier molecular flexibility index (Phi) is 6.26. The summed E-state index contributed by atoms with van der Waals surface area (Å²) >= 11 is 0. The molecule has 1 saturated carbocycles. The summed E-state index contributed by atoms with van der Waals surface area (Å²) in [6.07, 6.45) is 4.23. The lowest BCUT2D eigenvalue weighted by Crippen LogP contribution is -2.37. The van der Waals surface area contributed by atoms with Crippen molar-refractivity contribution in [3.8, 4) is 17.0 Å². The summed E-state index contributed by atoms with van der Waals surface area (Å²) in [5.74, 6) is 0.857. The highest BCUT2D eigenvalue weighted by molar-refractivity contribution is 6.10. The molecule has 1 aromatic heterocycles. The molecule has 2 aromatic carbocycles. The second-order valence-corrected chi connectivity index (χ2v) is 7.40. The van der Waals surface area contributed by atoms with Crippen molar-refractivity contribution in [3.05, 3.63) is 66.0 Å². The van der Waals surface area contributed by atoms with E-state index in [4.69, 9.17) is 9.73 Å². The van der Waals surface area contributed by atoms with Gasteiger partial charge in [-0.3, -0.25) is 15.2 Å². The predicted octanol–water partition coefficient (Wildman–Crippen LogP) is 4.36. The van der Waals surface area contributed by atoms with Gasteiger partial charge in [0, 0.05) is 11.6 Å². The van der Waals surface area contributed by atoms with Crippen molar-refractivity contribution in [1.29, 1.82) is 0 Å². The van der Waals surface area contributed by atoms with Gasteiger partial charge in [0.1, 0.15) is 11.6 Å². The Balaban J connectivity index is 1.53. The number of H-pyrrole nitrogens is 1. The number of anilines is 1.